The van der Waals surface area contributed by atoms with Crippen molar-refractivity contribution in [3.8, 4) is 0 Å². The Balaban J connectivity index is 2.01. The summed E-state index contributed by atoms with van der Waals surface area (Å²) in [6, 6.07) is 7.85. The number of halogens is 1. The van der Waals surface area contributed by atoms with Gasteiger partial charge in [0.1, 0.15) is 5.82 Å². The summed E-state index contributed by atoms with van der Waals surface area (Å²) in [5.74, 6) is 0.837. The number of aryl methyl sites for hydroxylation is 1. The van der Waals surface area contributed by atoms with Crippen LogP contribution in [-0.2, 0) is 6.42 Å². The molecule has 0 N–H and O–H groups in total. The van der Waals surface area contributed by atoms with E-state index in [1.807, 2.05) is 38.2 Å². The predicted molar refractivity (Wildman–Crippen MR) is 73.0 cm³/mol. The van der Waals surface area contributed by atoms with Gasteiger partial charge < -0.3 is 4.90 Å². The Morgan fingerprint density at radius 2 is 2.11 bits per heavy atom. The number of anilines is 1. The maximum atomic E-state index is 5.85. The number of rotatable bonds is 4. The van der Waals surface area contributed by atoms with Crippen LogP contribution in [0.4, 0.5) is 5.82 Å². The summed E-state index contributed by atoms with van der Waals surface area (Å²) in [7, 11) is 1.99. The van der Waals surface area contributed by atoms with Crippen molar-refractivity contribution in [1.82, 2.24) is 15.0 Å². The zero-order valence-electron chi connectivity index (χ0n) is 10.5. The Kier molecular flexibility index (Phi) is 4.10. The van der Waals surface area contributed by atoms with E-state index in [0.717, 1.165) is 30.2 Å². The minimum absolute atomic E-state index is 0.287. The molecule has 0 aromatic carbocycles. The number of aromatic nitrogens is 3. The normalized spacial score (nSPS) is 10.4. The lowest BCUT2D eigenvalue weighted by molar-refractivity contribution is 0.834. The minimum atomic E-state index is 0.287. The molecule has 0 saturated heterocycles. The van der Waals surface area contributed by atoms with Crippen LogP contribution in [0.2, 0.25) is 5.28 Å². The number of nitrogens with zero attached hydrogens (tertiary/aromatic N) is 4. The molecule has 5 heteroatoms. The molecule has 0 atom stereocenters. The quantitative estimate of drug-likeness (QED) is 0.794. The van der Waals surface area contributed by atoms with Gasteiger partial charge in [-0.2, -0.15) is 0 Å². The summed E-state index contributed by atoms with van der Waals surface area (Å²) < 4.78 is 0. The van der Waals surface area contributed by atoms with Crippen molar-refractivity contribution in [3.05, 3.63) is 47.1 Å². The molecule has 0 bridgehead atoms. The van der Waals surface area contributed by atoms with Gasteiger partial charge in [-0.1, -0.05) is 6.07 Å². The van der Waals surface area contributed by atoms with Gasteiger partial charge in [0.15, 0.2) is 0 Å². The molecule has 0 aliphatic rings. The van der Waals surface area contributed by atoms with Gasteiger partial charge >= 0.3 is 0 Å². The number of hydrogen-bond donors (Lipinski definition) is 0. The first-order valence-corrected chi connectivity index (χ1v) is 6.15. The Hall–Kier alpha value is -1.68. The van der Waals surface area contributed by atoms with Crippen molar-refractivity contribution in [2.24, 2.45) is 0 Å². The van der Waals surface area contributed by atoms with E-state index in [0.29, 0.717) is 0 Å². The van der Waals surface area contributed by atoms with Crippen molar-refractivity contribution in [3.63, 3.8) is 0 Å². The molecule has 0 radical (unpaired) electrons. The first-order valence-electron chi connectivity index (χ1n) is 5.77. The Bertz CT molecular complexity index is 495. The van der Waals surface area contributed by atoms with Crippen LogP contribution in [0.1, 0.15) is 11.4 Å². The first kappa shape index (κ1) is 12.8. The molecule has 0 amide bonds. The molecule has 0 fully saturated rings. The smallest absolute Gasteiger partial charge is 0.224 e. The fraction of sp³-hybridized carbons (Fsp3) is 0.308. The van der Waals surface area contributed by atoms with Crippen molar-refractivity contribution < 1.29 is 0 Å². The first-order chi connectivity index (χ1) is 8.65. The van der Waals surface area contributed by atoms with Crippen molar-refractivity contribution >= 4 is 17.4 Å². The van der Waals surface area contributed by atoms with Gasteiger partial charge in [-0.15, -0.1) is 0 Å². The van der Waals surface area contributed by atoms with Crippen LogP contribution in [0.25, 0.3) is 0 Å². The van der Waals surface area contributed by atoms with E-state index in [9.17, 15) is 0 Å². The molecule has 4 nitrogen and oxygen atoms in total. The third-order valence-corrected chi connectivity index (χ3v) is 2.80. The van der Waals surface area contributed by atoms with E-state index in [1.54, 1.807) is 6.20 Å². The predicted octanol–water partition coefficient (Wildman–Crippen LogP) is 2.51. The number of hydrogen-bond acceptors (Lipinski definition) is 4. The standard InChI is InChI=1S/C13H15ClN4/c1-10-9-12(17-13(14)16-10)18(2)8-6-11-5-3-4-7-15-11/h3-5,7,9H,6,8H2,1-2H3. The Morgan fingerprint density at radius 3 is 2.78 bits per heavy atom. The van der Waals surface area contributed by atoms with Crippen molar-refractivity contribution in [2.45, 2.75) is 13.3 Å². The SMILES string of the molecule is Cc1cc(N(C)CCc2ccccn2)nc(Cl)n1. The van der Waals surface area contributed by atoms with Gasteiger partial charge in [-0.3, -0.25) is 4.98 Å². The monoisotopic (exact) mass is 262 g/mol. The largest absolute Gasteiger partial charge is 0.359 e. The highest BCUT2D eigenvalue weighted by Crippen LogP contribution is 2.13. The second-order valence-corrected chi connectivity index (χ2v) is 4.47. The second kappa shape index (κ2) is 5.78. The van der Waals surface area contributed by atoms with E-state index in [4.69, 9.17) is 11.6 Å². The third kappa shape index (κ3) is 3.40. The lowest BCUT2D eigenvalue weighted by Gasteiger charge is -2.18. The average Bonchev–Trinajstić information content (AvgIpc) is 2.36. The zero-order valence-corrected chi connectivity index (χ0v) is 11.2. The van der Waals surface area contributed by atoms with Crippen molar-refractivity contribution in [1.29, 1.82) is 0 Å². The van der Waals surface area contributed by atoms with Crippen LogP contribution >= 0.6 is 11.6 Å². The highest BCUT2D eigenvalue weighted by molar-refractivity contribution is 6.28. The van der Waals surface area contributed by atoms with Crippen molar-refractivity contribution in [2.75, 3.05) is 18.5 Å². The minimum Gasteiger partial charge on any atom is -0.359 e. The summed E-state index contributed by atoms with van der Waals surface area (Å²) in [6.45, 7) is 2.74. The van der Waals surface area contributed by atoms with E-state index in [1.165, 1.54) is 0 Å². The Labute approximate surface area is 112 Å². The van der Waals surface area contributed by atoms with Gasteiger partial charge in [0.05, 0.1) is 0 Å². The van der Waals surface area contributed by atoms with Gasteiger partial charge in [-0.05, 0) is 30.7 Å². The summed E-state index contributed by atoms with van der Waals surface area (Å²) in [4.78, 5) is 14.6. The van der Waals surface area contributed by atoms with Gasteiger partial charge in [0, 0.05) is 43.7 Å². The third-order valence-electron chi connectivity index (χ3n) is 2.63. The van der Waals surface area contributed by atoms with Crippen LogP contribution in [0.15, 0.2) is 30.5 Å². The summed E-state index contributed by atoms with van der Waals surface area (Å²) in [6.07, 6.45) is 2.68. The maximum Gasteiger partial charge on any atom is 0.224 e. The van der Waals surface area contributed by atoms with Crippen LogP contribution in [0, 0.1) is 6.92 Å². The molecule has 2 rings (SSSR count). The Morgan fingerprint density at radius 1 is 1.28 bits per heavy atom. The molecule has 2 heterocycles. The number of likely N-dealkylation sites (N-methyl/N-ethyl adjacent to an activating group) is 1. The molecular formula is C13H15ClN4. The van der Waals surface area contributed by atoms with Crippen LogP contribution in [0.3, 0.4) is 0 Å². The van der Waals surface area contributed by atoms with Crippen LogP contribution in [-0.4, -0.2) is 28.5 Å². The molecule has 2 aromatic rings. The molecule has 2 aromatic heterocycles. The zero-order chi connectivity index (χ0) is 13.0. The van der Waals surface area contributed by atoms with Crippen LogP contribution < -0.4 is 4.90 Å². The summed E-state index contributed by atoms with van der Waals surface area (Å²) in [5.41, 5.74) is 1.94. The topological polar surface area (TPSA) is 41.9 Å². The molecular weight excluding hydrogens is 248 g/mol. The van der Waals surface area contributed by atoms with E-state index in [-0.39, 0.29) is 5.28 Å². The van der Waals surface area contributed by atoms with Gasteiger partial charge in [0.25, 0.3) is 0 Å². The molecule has 18 heavy (non-hydrogen) atoms. The molecule has 0 unspecified atom stereocenters. The average molecular weight is 263 g/mol. The lowest BCUT2D eigenvalue weighted by atomic mass is 10.2. The molecule has 94 valence electrons. The van der Waals surface area contributed by atoms with E-state index >= 15 is 0 Å². The van der Waals surface area contributed by atoms with Crippen LogP contribution in [0.5, 0.6) is 0 Å². The highest BCUT2D eigenvalue weighted by atomic mass is 35.5. The molecule has 0 spiro atoms. The fourth-order valence-corrected chi connectivity index (χ4v) is 1.87. The highest BCUT2D eigenvalue weighted by Gasteiger charge is 2.06. The van der Waals surface area contributed by atoms with E-state index < -0.39 is 0 Å². The molecule has 0 aliphatic carbocycles. The summed E-state index contributed by atoms with van der Waals surface area (Å²) in [5, 5.41) is 0.287. The molecule has 0 saturated carbocycles. The number of pyridine rings is 1. The molecule has 0 aliphatic heterocycles. The second-order valence-electron chi connectivity index (χ2n) is 4.13. The van der Waals surface area contributed by atoms with Gasteiger partial charge in [-0.25, -0.2) is 9.97 Å². The van der Waals surface area contributed by atoms with E-state index in [2.05, 4.69) is 19.9 Å². The maximum absolute atomic E-state index is 5.85. The fourth-order valence-electron chi connectivity index (χ4n) is 1.65. The lowest BCUT2D eigenvalue weighted by Crippen LogP contribution is -2.22. The van der Waals surface area contributed by atoms with Gasteiger partial charge in [0.2, 0.25) is 5.28 Å². The summed E-state index contributed by atoms with van der Waals surface area (Å²) >= 11 is 5.85.